The van der Waals surface area contributed by atoms with Gasteiger partial charge in [0.25, 0.3) is 0 Å². The maximum Gasteiger partial charge on any atom is 0.410 e. The average Bonchev–Trinajstić information content (AvgIpc) is 2.91. The molecule has 1 aromatic rings. The van der Waals surface area contributed by atoms with Crippen LogP contribution in [0.15, 0.2) is 58.6 Å². The molecular weight excluding hydrogens is 486 g/mol. The van der Waals surface area contributed by atoms with Gasteiger partial charge < -0.3 is 14.5 Å². The zero-order valence-electron chi connectivity index (χ0n) is 25.7. The van der Waals surface area contributed by atoms with Gasteiger partial charge in [-0.15, -0.1) is 0 Å². The van der Waals surface area contributed by atoms with Crippen molar-refractivity contribution in [3.63, 3.8) is 0 Å². The van der Waals surface area contributed by atoms with Crippen LogP contribution >= 0.6 is 0 Å². The first-order chi connectivity index (χ1) is 18.5. The fraction of sp³-hybridized carbons (Fsp3) is 0.562. The van der Waals surface area contributed by atoms with E-state index in [2.05, 4.69) is 74.6 Å². The predicted molar refractivity (Wildman–Crippen MR) is 162 cm³/mol. The summed E-state index contributed by atoms with van der Waals surface area (Å²) in [6.45, 7) is 21.4. The number of hydrogen-bond donors (Lipinski definition) is 0. The number of aliphatic imine (C=N–C) groups is 1. The molecule has 1 aromatic heterocycles. The van der Waals surface area contributed by atoms with E-state index in [1.807, 2.05) is 39.2 Å². The van der Waals surface area contributed by atoms with Gasteiger partial charge in [-0.2, -0.15) is 5.26 Å². The number of carbonyl (C=O) groups excluding carboxylic acids is 1. The summed E-state index contributed by atoms with van der Waals surface area (Å²) in [5, 5.41) is 8.54. The molecule has 0 spiro atoms. The van der Waals surface area contributed by atoms with E-state index < -0.39 is 5.60 Å². The molecule has 0 aromatic carbocycles. The van der Waals surface area contributed by atoms with Crippen molar-refractivity contribution in [3.05, 3.63) is 64.8 Å². The maximum atomic E-state index is 12.3. The Bertz CT molecular complexity index is 1080. The molecule has 1 fully saturated rings. The second kappa shape index (κ2) is 17.2. The molecule has 2 rings (SSSR count). The van der Waals surface area contributed by atoms with Crippen molar-refractivity contribution < 1.29 is 9.53 Å². The number of amides is 1. The largest absolute Gasteiger partial charge is 0.444 e. The van der Waals surface area contributed by atoms with Gasteiger partial charge in [0.1, 0.15) is 11.7 Å². The first-order valence-corrected chi connectivity index (χ1v) is 14.1. The molecule has 1 saturated heterocycles. The van der Waals surface area contributed by atoms with Crippen molar-refractivity contribution in [2.24, 2.45) is 4.99 Å². The van der Waals surface area contributed by atoms with Crippen LogP contribution in [-0.2, 0) is 11.2 Å². The highest BCUT2D eigenvalue weighted by Crippen LogP contribution is 2.24. The molecule has 7 nitrogen and oxygen atoms in total. The molecular formula is C32H49N5O2. The summed E-state index contributed by atoms with van der Waals surface area (Å²) < 4.78 is 5.51. The van der Waals surface area contributed by atoms with Crippen molar-refractivity contribution in [3.8, 4) is 6.07 Å². The molecule has 214 valence electrons. The molecule has 0 N–H and O–H groups in total. The minimum Gasteiger partial charge on any atom is -0.444 e. The highest BCUT2D eigenvalue weighted by atomic mass is 16.6. The minimum absolute atomic E-state index is 0.223. The number of pyridine rings is 1. The van der Waals surface area contributed by atoms with Gasteiger partial charge in [0, 0.05) is 61.8 Å². The second-order valence-corrected chi connectivity index (χ2v) is 10.5. The van der Waals surface area contributed by atoms with Crippen LogP contribution in [0, 0.1) is 11.3 Å². The Morgan fingerprint density at radius 2 is 1.77 bits per heavy atom. The fourth-order valence-corrected chi connectivity index (χ4v) is 4.27. The summed E-state index contributed by atoms with van der Waals surface area (Å²) in [6.07, 6.45) is 13.3. The zero-order valence-corrected chi connectivity index (χ0v) is 25.7. The number of hydrogen-bond acceptors (Lipinski definition) is 6. The first kappa shape index (κ1) is 33.6. The summed E-state index contributed by atoms with van der Waals surface area (Å²) >= 11 is 0. The van der Waals surface area contributed by atoms with Gasteiger partial charge in [0.2, 0.25) is 0 Å². The molecule has 0 aliphatic carbocycles. The molecule has 2 heterocycles. The van der Waals surface area contributed by atoms with E-state index in [0.29, 0.717) is 18.7 Å². The Morgan fingerprint density at radius 1 is 1.13 bits per heavy atom. The van der Waals surface area contributed by atoms with Crippen LogP contribution in [0.4, 0.5) is 4.79 Å². The van der Waals surface area contributed by atoms with Crippen LogP contribution in [0.2, 0.25) is 0 Å². The van der Waals surface area contributed by atoms with E-state index in [9.17, 15) is 4.79 Å². The van der Waals surface area contributed by atoms with Gasteiger partial charge in [0.05, 0.1) is 5.56 Å². The SMILES string of the molecule is CCCc1cncc(C#N)c1.C\C=C(CC)/C(C(/C)=N/C=C/CC)=C(/C)N1CCN(C(=O)OC(C)(C)C)CC1. The fourth-order valence-electron chi connectivity index (χ4n) is 4.27. The Morgan fingerprint density at radius 3 is 2.28 bits per heavy atom. The predicted octanol–water partition coefficient (Wildman–Crippen LogP) is 7.46. The van der Waals surface area contributed by atoms with Crippen molar-refractivity contribution in [2.45, 2.75) is 93.6 Å². The summed E-state index contributed by atoms with van der Waals surface area (Å²) in [4.78, 5) is 25.1. The highest BCUT2D eigenvalue weighted by Gasteiger charge is 2.27. The van der Waals surface area contributed by atoms with Gasteiger partial charge in [-0.05, 0) is 78.0 Å². The highest BCUT2D eigenvalue weighted by molar-refractivity contribution is 6.03. The van der Waals surface area contributed by atoms with Crippen LogP contribution < -0.4 is 0 Å². The lowest BCUT2D eigenvalue weighted by atomic mass is 9.96. The maximum absolute atomic E-state index is 12.3. The van der Waals surface area contributed by atoms with Gasteiger partial charge in [-0.3, -0.25) is 9.98 Å². The van der Waals surface area contributed by atoms with Crippen LogP contribution in [0.3, 0.4) is 0 Å². The van der Waals surface area contributed by atoms with Gasteiger partial charge in [-0.1, -0.05) is 39.3 Å². The van der Waals surface area contributed by atoms with Crippen LogP contribution in [0.1, 0.15) is 92.7 Å². The Labute approximate surface area is 237 Å². The van der Waals surface area contributed by atoms with Gasteiger partial charge >= 0.3 is 6.09 Å². The number of rotatable bonds is 8. The molecule has 1 aliphatic heterocycles. The zero-order chi connectivity index (χ0) is 29.4. The molecule has 1 aliphatic rings. The van der Waals surface area contributed by atoms with Crippen molar-refractivity contribution in [1.82, 2.24) is 14.8 Å². The second-order valence-electron chi connectivity index (χ2n) is 10.5. The van der Waals surface area contributed by atoms with Crippen LogP contribution in [0.5, 0.6) is 0 Å². The summed E-state index contributed by atoms with van der Waals surface area (Å²) in [5.41, 5.74) is 6.12. The Hall–Kier alpha value is -3.40. The standard InChI is InChI=1S/C23H39N3O2.C9H10N2/c1-9-12-13-24-18(4)21(20(10-2)11-3)19(5)25-14-16-26(17-15-25)22(27)28-23(6,7)8;1-2-3-8-4-9(5-10)7-11-6-8/h10,12-13H,9,11,14-17H2,1-8H3;4,6-7H,2-3H2,1H3/b13-12+,20-10-,21-19-,24-18+;. The Balaban J connectivity index is 0.000000573. The monoisotopic (exact) mass is 535 g/mol. The molecule has 0 unspecified atom stereocenters. The van der Waals surface area contributed by atoms with E-state index in [4.69, 9.17) is 10.00 Å². The number of nitrogens with zero attached hydrogens (tertiary/aromatic N) is 5. The van der Waals surface area contributed by atoms with Crippen molar-refractivity contribution >= 4 is 11.8 Å². The van der Waals surface area contributed by atoms with Crippen LogP contribution in [0.25, 0.3) is 0 Å². The minimum atomic E-state index is -0.460. The summed E-state index contributed by atoms with van der Waals surface area (Å²) in [6, 6.07) is 3.95. The molecule has 0 atom stereocenters. The lowest BCUT2D eigenvalue weighted by Gasteiger charge is -2.38. The third kappa shape index (κ3) is 11.9. The van der Waals surface area contributed by atoms with Crippen molar-refractivity contribution in [2.75, 3.05) is 26.2 Å². The van der Waals surface area contributed by atoms with Crippen LogP contribution in [-0.4, -0.2) is 58.4 Å². The lowest BCUT2D eigenvalue weighted by Crippen LogP contribution is -2.49. The summed E-state index contributed by atoms with van der Waals surface area (Å²) in [5.74, 6) is 0. The molecule has 0 bridgehead atoms. The van der Waals surface area contributed by atoms with Crippen molar-refractivity contribution in [1.29, 1.82) is 5.26 Å². The van der Waals surface area contributed by atoms with E-state index in [1.54, 1.807) is 11.1 Å². The number of aryl methyl sites for hydroxylation is 1. The smallest absolute Gasteiger partial charge is 0.410 e. The molecule has 0 saturated carbocycles. The van der Waals surface area contributed by atoms with Gasteiger partial charge in [0.15, 0.2) is 0 Å². The number of allylic oxidation sites excluding steroid dienone is 5. The number of carbonyl (C=O) groups is 1. The molecule has 39 heavy (non-hydrogen) atoms. The first-order valence-electron chi connectivity index (χ1n) is 14.1. The summed E-state index contributed by atoms with van der Waals surface area (Å²) in [7, 11) is 0. The van der Waals surface area contributed by atoms with E-state index in [1.165, 1.54) is 16.8 Å². The number of nitriles is 1. The Kier molecular flexibility index (Phi) is 14.9. The lowest BCUT2D eigenvalue weighted by molar-refractivity contribution is 0.0168. The van der Waals surface area contributed by atoms with E-state index >= 15 is 0 Å². The number of ether oxygens (including phenoxy) is 1. The number of piperazine rings is 1. The molecule has 7 heteroatoms. The average molecular weight is 536 g/mol. The number of aromatic nitrogens is 1. The third-order valence-electron chi connectivity index (χ3n) is 6.25. The molecule has 0 radical (unpaired) electrons. The third-order valence-corrected chi connectivity index (χ3v) is 6.25. The topological polar surface area (TPSA) is 81.8 Å². The van der Waals surface area contributed by atoms with Gasteiger partial charge in [-0.25, -0.2) is 4.79 Å². The quantitative estimate of drug-likeness (QED) is 0.255. The van der Waals surface area contributed by atoms with E-state index in [0.717, 1.165) is 50.0 Å². The molecule has 1 amide bonds. The van der Waals surface area contributed by atoms with E-state index in [-0.39, 0.29) is 6.09 Å². The normalized spacial score (nSPS) is 15.4.